The fourth-order valence-electron chi connectivity index (χ4n) is 1.82. The van der Waals surface area contributed by atoms with E-state index in [-0.39, 0.29) is 5.91 Å². The average Bonchev–Trinajstić information content (AvgIpc) is 2.96. The van der Waals surface area contributed by atoms with Crippen molar-refractivity contribution in [2.24, 2.45) is 0 Å². The zero-order chi connectivity index (χ0) is 15.2. The lowest BCUT2D eigenvalue weighted by molar-refractivity contribution is -0.131. The van der Waals surface area contributed by atoms with E-state index < -0.39 is 5.97 Å². The summed E-state index contributed by atoms with van der Waals surface area (Å²) in [7, 11) is 0. The first-order valence-corrected chi connectivity index (χ1v) is 6.34. The van der Waals surface area contributed by atoms with Crippen LogP contribution < -0.4 is 5.32 Å². The van der Waals surface area contributed by atoms with Crippen molar-refractivity contribution < 1.29 is 14.7 Å². The number of aromatic amines is 1. The lowest BCUT2D eigenvalue weighted by atomic mass is 10.0. The largest absolute Gasteiger partial charge is 0.478 e. The number of carbonyl (C=O) groups excluding carboxylic acids is 1. The van der Waals surface area contributed by atoms with Crippen molar-refractivity contribution >= 4 is 18.0 Å². The number of benzene rings is 1. The number of aromatic nitrogens is 2. The fourth-order valence-corrected chi connectivity index (χ4v) is 1.82. The van der Waals surface area contributed by atoms with Crippen LogP contribution in [-0.4, -0.2) is 27.2 Å². The van der Waals surface area contributed by atoms with Gasteiger partial charge in [-0.25, -0.2) is 4.79 Å². The average molecular weight is 285 g/mol. The molecule has 2 rings (SSSR count). The Bertz CT molecular complexity index is 675. The maximum absolute atomic E-state index is 12.0. The second kappa shape index (κ2) is 6.51. The number of aryl methyl sites for hydroxylation is 1. The predicted molar refractivity (Wildman–Crippen MR) is 77.6 cm³/mol. The minimum absolute atomic E-state index is 0.187. The lowest BCUT2D eigenvalue weighted by Gasteiger charge is -2.06. The van der Waals surface area contributed by atoms with E-state index in [1.54, 1.807) is 30.6 Å². The number of rotatable bonds is 5. The number of H-pyrrole nitrogens is 1. The highest BCUT2D eigenvalue weighted by atomic mass is 16.4. The summed E-state index contributed by atoms with van der Waals surface area (Å²) in [6.45, 7) is 2.23. The van der Waals surface area contributed by atoms with Gasteiger partial charge in [0.05, 0.1) is 6.20 Å². The van der Waals surface area contributed by atoms with Gasteiger partial charge in [0.2, 0.25) is 0 Å². The van der Waals surface area contributed by atoms with Crippen LogP contribution in [-0.2, 0) is 11.3 Å². The van der Waals surface area contributed by atoms with Crippen LogP contribution in [0.1, 0.15) is 27.0 Å². The number of amides is 1. The molecule has 1 aromatic heterocycles. The van der Waals surface area contributed by atoms with Crippen molar-refractivity contribution in [1.82, 2.24) is 15.5 Å². The maximum Gasteiger partial charge on any atom is 0.328 e. The molecular weight excluding hydrogens is 270 g/mol. The second-order valence-electron chi connectivity index (χ2n) is 4.53. The highest BCUT2D eigenvalue weighted by Crippen LogP contribution is 2.13. The van der Waals surface area contributed by atoms with Crippen molar-refractivity contribution in [2.75, 3.05) is 0 Å². The van der Waals surface area contributed by atoms with Crippen LogP contribution in [0.15, 0.2) is 36.7 Å². The molecule has 3 N–H and O–H groups in total. The van der Waals surface area contributed by atoms with Gasteiger partial charge in [0, 0.05) is 29.9 Å². The van der Waals surface area contributed by atoms with Crippen molar-refractivity contribution in [1.29, 1.82) is 0 Å². The van der Waals surface area contributed by atoms with Gasteiger partial charge in [0.15, 0.2) is 0 Å². The van der Waals surface area contributed by atoms with E-state index in [0.29, 0.717) is 12.1 Å². The molecule has 2 aromatic rings. The molecule has 21 heavy (non-hydrogen) atoms. The standard InChI is InChI=1S/C15H15N3O3/c1-10-6-13(3-2-12(10)4-5-14(19)20)15(21)16-7-11-8-17-18-9-11/h2-6,8-9H,7H2,1H3,(H,16,21)(H,17,18)(H,19,20)/b5-4+. The molecule has 0 aliphatic carbocycles. The molecule has 1 amide bonds. The highest BCUT2D eigenvalue weighted by Gasteiger charge is 2.07. The first-order chi connectivity index (χ1) is 10.1. The van der Waals surface area contributed by atoms with E-state index in [4.69, 9.17) is 5.11 Å². The van der Waals surface area contributed by atoms with Crippen LogP contribution in [0.4, 0.5) is 0 Å². The Morgan fingerprint density at radius 2 is 2.24 bits per heavy atom. The van der Waals surface area contributed by atoms with Crippen LogP contribution in [0.3, 0.4) is 0 Å². The zero-order valence-corrected chi connectivity index (χ0v) is 11.5. The number of aliphatic carboxylic acids is 1. The molecule has 0 bridgehead atoms. The van der Waals surface area contributed by atoms with Gasteiger partial charge in [0.1, 0.15) is 0 Å². The molecular formula is C15H15N3O3. The van der Waals surface area contributed by atoms with Crippen molar-refractivity contribution in [3.8, 4) is 0 Å². The predicted octanol–water partition coefficient (Wildman–Crippen LogP) is 1.75. The van der Waals surface area contributed by atoms with Gasteiger partial charge in [-0.3, -0.25) is 9.89 Å². The Hall–Kier alpha value is -2.89. The van der Waals surface area contributed by atoms with Crippen LogP contribution in [0.5, 0.6) is 0 Å². The Kier molecular flexibility index (Phi) is 4.50. The number of nitrogens with one attached hydrogen (secondary N) is 2. The van der Waals surface area contributed by atoms with Gasteiger partial charge in [-0.2, -0.15) is 5.10 Å². The van der Waals surface area contributed by atoms with Gasteiger partial charge < -0.3 is 10.4 Å². The highest BCUT2D eigenvalue weighted by molar-refractivity contribution is 5.94. The second-order valence-corrected chi connectivity index (χ2v) is 4.53. The van der Waals surface area contributed by atoms with Crippen LogP contribution in [0, 0.1) is 6.92 Å². The van der Waals surface area contributed by atoms with Crippen LogP contribution >= 0.6 is 0 Å². The molecule has 108 valence electrons. The summed E-state index contributed by atoms with van der Waals surface area (Å²) in [5.74, 6) is -1.19. The van der Waals surface area contributed by atoms with Crippen LogP contribution in [0.2, 0.25) is 0 Å². The molecule has 0 atom stereocenters. The molecule has 6 heteroatoms. The van der Waals surface area contributed by atoms with E-state index in [1.165, 1.54) is 6.08 Å². The molecule has 0 saturated carbocycles. The lowest BCUT2D eigenvalue weighted by Crippen LogP contribution is -2.22. The Morgan fingerprint density at radius 3 is 2.86 bits per heavy atom. The topological polar surface area (TPSA) is 95.1 Å². The summed E-state index contributed by atoms with van der Waals surface area (Å²) in [4.78, 5) is 22.5. The third kappa shape index (κ3) is 4.04. The number of carboxylic acid groups (broad SMARTS) is 1. The maximum atomic E-state index is 12.0. The third-order valence-electron chi connectivity index (χ3n) is 2.95. The SMILES string of the molecule is Cc1cc(C(=O)NCc2cn[nH]c2)ccc1/C=C/C(=O)O. The summed E-state index contributed by atoms with van der Waals surface area (Å²) in [5, 5.41) is 17.9. The number of carboxylic acids is 1. The molecule has 0 fully saturated rings. The van der Waals surface area contributed by atoms with Gasteiger partial charge in [-0.1, -0.05) is 6.07 Å². The number of hydrogen-bond acceptors (Lipinski definition) is 3. The minimum Gasteiger partial charge on any atom is -0.478 e. The molecule has 0 spiro atoms. The molecule has 1 heterocycles. The summed E-state index contributed by atoms with van der Waals surface area (Å²) in [5.41, 5.74) is 3.02. The van der Waals surface area contributed by atoms with Gasteiger partial charge in [-0.15, -0.1) is 0 Å². The number of carbonyl (C=O) groups is 2. The van der Waals surface area contributed by atoms with E-state index in [0.717, 1.165) is 22.8 Å². The Labute approximate surface area is 121 Å². The van der Waals surface area contributed by atoms with Gasteiger partial charge in [-0.05, 0) is 36.3 Å². The summed E-state index contributed by atoms with van der Waals surface area (Å²) >= 11 is 0. The molecule has 0 radical (unpaired) electrons. The first kappa shape index (κ1) is 14.5. The fraction of sp³-hybridized carbons (Fsp3) is 0.133. The minimum atomic E-state index is -1.00. The van der Waals surface area contributed by atoms with E-state index in [9.17, 15) is 9.59 Å². The number of hydrogen-bond donors (Lipinski definition) is 3. The van der Waals surface area contributed by atoms with Crippen LogP contribution in [0.25, 0.3) is 6.08 Å². The Balaban J connectivity index is 2.05. The number of nitrogens with zero attached hydrogens (tertiary/aromatic N) is 1. The quantitative estimate of drug-likeness (QED) is 0.729. The van der Waals surface area contributed by atoms with Gasteiger partial charge in [0.25, 0.3) is 5.91 Å². The zero-order valence-electron chi connectivity index (χ0n) is 11.5. The molecule has 0 unspecified atom stereocenters. The smallest absolute Gasteiger partial charge is 0.328 e. The molecule has 6 nitrogen and oxygen atoms in total. The molecule has 1 aromatic carbocycles. The van der Waals surface area contributed by atoms with E-state index in [2.05, 4.69) is 15.5 Å². The van der Waals surface area contributed by atoms with E-state index >= 15 is 0 Å². The van der Waals surface area contributed by atoms with Crippen molar-refractivity contribution in [3.63, 3.8) is 0 Å². The monoisotopic (exact) mass is 285 g/mol. The third-order valence-corrected chi connectivity index (χ3v) is 2.95. The van der Waals surface area contributed by atoms with Gasteiger partial charge >= 0.3 is 5.97 Å². The normalized spacial score (nSPS) is 10.7. The van der Waals surface area contributed by atoms with Crippen molar-refractivity contribution in [2.45, 2.75) is 13.5 Å². The van der Waals surface area contributed by atoms with E-state index in [1.807, 2.05) is 6.92 Å². The summed E-state index contributed by atoms with van der Waals surface area (Å²) in [6, 6.07) is 5.12. The first-order valence-electron chi connectivity index (χ1n) is 6.34. The molecule has 0 aliphatic heterocycles. The molecule has 0 saturated heterocycles. The summed E-state index contributed by atoms with van der Waals surface area (Å²) < 4.78 is 0. The Morgan fingerprint density at radius 1 is 1.43 bits per heavy atom. The summed E-state index contributed by atoms with van der Waals surface area (Å²) in [6.07, 6.45) is 5.93. The molecule has 0 aliphatic rings. The van der Waals surface area contributed by atoms with Crippen molar-refractivity contribution in [3.05, 3.63) is 58.9 Å².